The first-order chi connectivity index (χ1) is 7.55. The standard InChI is InChI=1S/C14H32N2/c1-7-10-13(4)16(6)12-14(8-2,9-3)11-15-5/h13,15H,7-12H2,1-6H3. The molecule has 0 heterocycles. The van der Waals surface area contributed by atoms with Crippen molar-refractivity contribution in [3.05, 3.63) is 0 Å². The minimum Gasteiger partial charge on any atom is -0.319 e. The van der Waals surface area contributed by atoms with Gasteiger partial charge in [-0.3, -0.25) is 0 Å². The predicted molar refractivity (Wildman–Crippen MR) is 73.9 cm³/mol. The highest BCUT2D eigenvalue weighted by Crippen LogP contribution is 2.27. The van der Waals surface area contributed by atoms with Crippen LogP contribution in [-0.2, 0) is 0 Å². The summed E-state index contributed by atoms with van der Waals surface area (Å²) in [6.07, 6.45) is 5.10. The van der Waals surface area contributed by atoms with Crippen molar-refractivity contribution in [2.45, 2.75) is 59.4 Å². The molecule has 0 aliphatic carbocycles. The Morgan fingerprint density at radius 1 is 1.19 bits per heavy atom. The molecule has 0 fully saturated rings. The summed E-state index contributed by atoms with van der Waals surface area (Å²) in [5, 5.41) is 3.36. The van der Waals surface area contributed by atoms with E-state index in [-0.39, 0.29) is 0 Å². The molecular weight excluding hydrogens is 196 g/mol. The van der Waals surface area contributed by atoms with Crippen molar-refractivity contribution in [3.8, 4) is 0 Å². The van der Waals surface area contributed by atoms with E-state index in [0.717, 1.165) is 6.54 Å². The zero-order valence-electron chi connectivity index (χ0n) is 12.3. The van der Waals surface area contributed by atoms with E-state index in [9.17, 15) is 0 Å². The molecule has 1 unspecified atom stereocenters. The molecule has 0 aromatic heterocycles. The second-order valence-electron chi connectivity index (χ2n) is 5.29. The third kappa shape index (κ3) is 4.84. The van der Waals surface area contributed by atoms with Gasteiger partial charge in [-0.2, -0.15) is 0 Å². The van der Waals surface area contributed by atoms with Gasteiger partial charge in [-0.1, -0.05) is 27.2 Å². The maximum atomic E-state index is 3.36. The molecule has 2 nitrogen and oxygen atoms in total. The third-order valence-electron chi connectivity index (χ3n) is 4.10. The van der Waals surface area contributed by atoms with Crippen LogP contribution in [0.3, 0.4) is 0 Å². The van der Waals surface area contributed by atoms with E-state index in [1.807, 2.05) is 0 Å². The smallest absolute Gasteiger partial charge is 0.00640 e. The van der Waals surface area contributed by atoms with Crippen LogP contribution in [0.1, 0.15) is 53.4 Å². The van der Waals surface area contributed by atoms with Crippen LogP contribution in [0.4, 0.5) is 0 Å². The van der Waals surface area contributed by atoms with Crippen LogP contribution in [0.25, 0.3) is 0 Å². The topological polar surface area (TPSA) is 15.3 Å². The van der Waals surface area contributed by atoms with Crippen molar-refractivity contribution in [1.82, 2.24) is 10.2 Å². The number of nitrogens with zero attached hydrogens (tertiary/aromatic N) is 1. The fourth-order valence-corrected chi connectivity index (χ4v) is 2.48. The van der Waals surface area contributed by atoms with Gasteiger partial charge in [-0.15, -0.1) is 0 Å². The van der Waals surface area contributed by atoms with Gasteiger partial charge in [0, 0.05) is 19.1 Å². The summed E-state index contributed by atoms with van der Waals surface area (Å²) < 4.78 is 0. The minimum absolute atomic E-state index is 0.450. The second kappa shape index (κ2) is 8.08. The molecule has 0 aromatic carbocycles. The SMILES string of the molecule is CCCC(C)N(C)CC(CC)(CC)CNC. The lowest BCUT2D eigenvalue weighted by Crippen LogP contribution is -2.44. The maximum absolute atomic E-state index is 3.36. The van der Waals surface area contributed by atoms with E-state index in [1.54, 1.807) is 0 Å². The van der Waals surface area contributed by atoms with Gasteiger partial charge < -0.3 is 10.2 Å². The normalized spacial score (nSPS) is 14.4. The third-order valence-corrected chi connectivity index (χ3v) is 4.10. The molecule has 2 heteroatoms. The van der Waals surface area contributed by atoms with Gasteiger partial charge >= 0.3 is 0 Å². The van der Waals surface area contributed by atoms with Crippen LogP contribution >= 0.6 is 0 Å². The van der Waals surface area contributed by atoms with Crippen LogP contribution in [0.2, 0.25) is 0 Å². The Morgan fingerprint density at radius 2 is 1.75 bits per heavy atom. The Kier molecular flexibility index (Phi) is 8.04. The summed E-state index contributed by atoms with van der Waals surface area (Å²) in [5.41, 5.74) is 0.450. The fraction of sp³-hybridized carbons (Fsp3) is 1.00. The molecule has 0 saturated heterocycles. The second-order valence-corrected chi connectivity index (χ2v) is 5.29. The zero-order valence-corrected chi connectivity index (χ0v) is 12.3. The first kappa shape index (κ1) is 15.9. The van der Waals surface area contributed by atoms with Crippen molar-refractivity contribution < 1.29 is 0 Å². The molecule has 1 atom stereocenters. The summed E-state index contributed by atoms with van der Waals surface area (Å²) in [4.78, 5) is 2.54. The highest BCUT2D eigenvalue weighted by atomic mass is 15.1. The molecule has 98 valence electrons. The van der Waals surface area contributed by atoms with Gasteiger partial charge in [0.1, 0.15) is 0 Å². The summed E-state index contributed by atoms with van der Waals surface area (Å²) in [6.45, 7) is 11.6. The Bertz CT molecular complexity index is 164. The van der Waals surface area contributed by atoms with E-state index < -0.39 is 0 Å². The first-order valence-corrected chi connectivity index (χ1v) is 6.90. The van der Waals surface area contributed by atoms with E-state index in [0.29, 0.717) is 11.5 Å². The molecule has 1 N–H and O–H groups in total. The van der Waals surface area contributed by atoms with Gasteiger partial charge in [0.25, 0.3) is 0 Å². The molecule has 0 radical (unpaired) electrons. The number of hydrogen-bond donors (Lipinski definition) is 1. The number of hydrogen-bond acceptors (Lipinski definition) is 2. The quantitative estimate of drug-likeness (QED) is 0.652. The van der Waals surface area contributed by atoms with E-state index in [2.05, 4.69) is 52.0 Å². The number of nitrogens with one attached hydrogen (secondary N) is 1. The number of rotatable bonds is 9. The van der Waals surface area contributed by atoms with Crippen molar-refractivity contribution >= 4 is 0 Å². The molecule has 0 aliphatic rings. The summed E-state index contributed by atoms with van der Waals surface area (Å²) in [6, 6.07) is 0.708. The fourth-order valence-electron chi connectivity index (χ4n) is 2.48. The highest BCUT2D eigenvalue weighted by Gasteiger charge is 2.28. The lowest BCUT2D eigenvalue weighted by atomic mass is 9.81. The zero-order chi connectivity index (χ0) is 12.6. The lowest BCUT2D eigenvalue weighted by Gasteiger charge is -2.38. The van der Waals surface area contributed by atoms with Gasteiger partial charge in [0.05, 0.1) is 0 Å². The molecule has 0 rings (SSSR count). The van der Waals surface area contributed by atoms with Crippen LogP contribution in [0, 0.1) is 5.41 Å². The molecule has 0 saturated carbocycles. The molecule has 16 heavy (non-hydrogen) atoms. The molecule has 0 aliphatic heterocycles. The van der Waals surface area contributed by atoms with Gasteiger partial charge in [0.2, 0.25) is 0 Å². The molecular formula is C14H32N2. The monoisotopic (exact) mass is 228 g/mol. The summed E-state index contributed by atoms with van der Waals surface area (Å²) in [5.74, 6) is 0. The molecule has 0 spiro atoms. The minimum atomic E-state index is 0.450. The average molecular weight is 228 g/mol. The predicted octanol–water partition coefficient (Wildman–Crippen LogP) is 3.13. The Morgan fingerprint density at radius 3 is 2.12 bits per heavy atom. The van der Waals surface area contributed by atoms with Crippen molar-refractivity contribution in [2.75, 3.05) is 27.2 Å². The summed E-state index contributed by atoms with van der Waals surface area (Å²) in [7, 11) is 4.34. The van der Waals surface area contributed by atoms with Gasteiger partial charge in [-0.05, 0) is 45.7 Å². The van der Waals surface area contributed by atoms with Crippen LogP contribution in [-0.4, -0.2) is 38.1 Å². The van der Waals surface area contributed by atoms with Gasteiger partial charge in [-0.25, -0.2) is 0 Å². The van der Waals surface area contributed by atoms with Crippen LogP contribution < -0.4 is 5.32 Å². The van der Waals surface area contributed by atoms with Gasteiger partial charge in [0.15, 0.2) is 0 Å². The Balaban J connectivity index is 4.37. The van der Waals surface area contributed by atoms with E-state index in [1.165, 1.54) is 32.2 Å². The van der Waals surface area contributed by atoms with Crippen LogP contribution in [0.15, 0.2) is 0 Å². The average Bonchev–Trinajstić information content (AvgIpc) is 2.28. The van der Waals surface area contributed by atoms with E-state index in [4.69, 9.17) is 0 Å². The maximum Gasteiger partial charge on any atom is 0.00640 e. The largest absolute Gasteiger partial charge is 0.319 e. The van der Waals surface area contributed by atoms with Crippen molar-refractivity contribution in [3.63, 3.8) is 0 Å². The first-order valence-electron chi connectivity index (χ1n) is 6.90. The van der Waals surface area contributed by atoms with E-state index >= 15 is 0 Å². The molecule has 0 aromatic rings. The lowest BCUT2D eigenvalue weighted by molar-refractivity contribution is 0.125. The molecule has 0 bridgehead atoms. The summed E-state index contributed by atoms with van der Waals surface area (Å²) >= 11 is 0. The van der Waals surface area contributed by atoms with Crippen molar-refractivity contribution in [2.24, 2.45) is 5.41 Å². The van der Waals surface area contributed by atoms with Crippen molar-refractivity contribution in [1.29, 1.82) is 0 Å². The molecule has 0 amide bonds. The Labute approximate surface area is 103 Å². The van der Waals surface area contributed by atoms with Crippen LogP contribution in [0.5, 0.6) is 0 Å². The Hall–Kier alpha value is -0.0800. The highest BCUT2D eigenvalue weighted by molar-refractivity contribution is 4.83.